The fourth-order valence-electron chi connectivity index (χ4n) is 9.04. The molecule has 4 nitrogen and oxygen atoms in total. The number of hydrogen-bond donors (Lipinski definition) is 1. The van der Waals surface area contributed by atoms with Gasteiger partial charge in [0.25, 0.3) is 0 Å². The summed E-state index contributed by atoms with van der Waals surface area (Å²) >= 11 is 0. The van der Waals surface area contributed by atoms with Gasteiger partial charge in [0, 0.05) is 19.8 Å². The lowest BCUT2D eigenvalue weighted by atomic mass is 10.2. The van der Waals surface area contributed by atoms with E-state index in [0.29, 0.717) is 0 Å². The van der Waals surface area contributed by atoms with E-state index in [4.69, 9.17) is 19.9 Å². The summed E-state index contributed by atoms with van der Waals surface area (Å²) in [7, 11) is -8.02. The van der Waals surface area contributed by atoms with Gasteiger partial charge in [0.1, 0.15) is 0 Å². The third-order valence-corrected chi connectivity index (χ3v) is 35.7. The molecule has 0 aromatic carbocycles. The van der Waals surface area contributed by atoms with Gasteiger partial charge in [-0.25, -0.2) is 0 Å². The highest BCUT2D eigenvalue weighted by molar-refractivity contribution is 7.15. The maximum atomic E-state index is 7.51. The van der Waals surface area contributed by atoms with Crippen LogP contribution in [0.25, 0.3) is 0 Å². The van der Waals surface area contributed by atoms with Crippen LogP contribution >= 0.6 is 0 Å². The van der Waals surface area contributed by atoms with Crippen LogP contribution in [0.3, 0.4) is 0 Å². The highest BCUT2D eigenvalue weighted by Gasteiger charge is 2.81. The summed E-state index contributed by atoms with van der Waals surface area (Å²) in [6, 6.07) is 1.22. The molecule has 3 rings (SSSR count). The molecule has 206 valence electrons. The molecule has 3 unspecified atom stereocenters. The molecule has 3 aliphatic rings. The molecule has 35 heavy (non-hydrogen) atoms. The van der Waals surface area contributed by atoms with Crippen molar-refractivity contribution in [2.45, 2.75) is 144 Å². The molecule has 0 bridgehead atoms. The molecule has 3 saturated heterocycles. The van der Waals surface area contributed by atoms with Crippen molar-refractivity contribution in [2.75, 3.05) is 26.4 Å². The fraction of sp³-hybridized carbons (Fsp3) is 1.00. The van der Waals surface area contributed by atoms with Crippen LogP contribution < -0.4 is 5.73 Å². The lowest BCUT2D eigenvalue weighted by Crippen LogP contribution is -2.95. The van der Waals surface area contributed by atoms with Gasteiger partial charge in [-0.05, 0) is 76.8 Å². The SMILES string of the molecule is C[Si](C)(C)C1([Si](CCCN)(C2([Si](C)(C)C)CCCCO2)C2([Si](C)(C)C)CCCCO2)CCCCO1. The van der Waals surface area contributed by atoms with E-state index in [1.54, 1.807) is 0 Å². The average Bonchev–Trinajstić information content (AvgIpc) is 2.79. The Labute approximate surface area is 221 Å². The molecule has 0 saturated carbocycles. The molecule has 0 spiro atoms. The maximum absolute atomic E-state index is 7.51. The van der Waals surface area contributed by atoms with Crippen molar-refractivity contribution in [3.8, 4) is 0 Å². The number of ether oxygens (including phenoxy) is 3. The van der Waals surface area contributed by atoms with Crippen molar-refractivity contribution in [3.05, 3.63) is 0 Å². The molecular weight excluding hydrogens is 499 g/mol. The van der Waals surface area contributed by atoms with Crippen LogP contribution in [0, 0.1) is 0 Å². The monoisotopic (exact) mass is 557 g/mol. The van der Waals surface area contributed by atoms with Crippen LogP contribution in [0.15, 0.2) is 0 Å². The van der Waals surface area contributed by atoms with E-state index in [1.165, 1.54) is 63.8 Å². The van der Waals surface area contributed by atoms with Gasteiger partial charge in [0.05, 0.1) is 38.8 Å². The Kier molecular flexibility index (Phi) is 9.25. The molecular formula is C27H59NO3Si4. The lowest BCUT2D eigenvalue weighted by Gasteiger charge is -2.74. The third kappa shape index (κ3) is 4.61. The first-order chi connectivity index (χ1) is 16.2. The molecule has 0 aromatic heterocycles. The molecule has 0 aliphatic carbocycles. The van der Waals surface area contributed by atoms with E-state index in [-0.39, 0.29) is 14.5 Å². The van der Waals surface area contributed by atoms with Crippen molar-refractivity contribution >= 4 is 32.3 Å². The zero-order valence-electron chi connectivity index (χ0n) is 24.9. The predicted molar refractivity (Wildman–Crippen MR) is 162 cm³/mol. The van der Waals surface area contributed by atoms with Crippen molar-refractivity contribution < 1.29 is 14.2 Å². The van der Waals surface area contributed by atoms with Crippen LogP contribution in [0.5, 0.6) is 0 Å². The van der Waals surface area contributed by atoms with Crippen molar-refractivity contribution in [1.82, 2.24) is 0 Å². The summed E-state index contributed by atoms with van der Waals surface area (Å²) in [6.07, 6.45) is 12.3. The second-order valence-electron chi connectivity index (χ2n) is 14.9. The molecule has 3 fully saturated rings. The van der Waals surface area contributed by atoms with Gasteiger partial charge in [0.15, 0.2) is 8.07 Å². The molecule has 0 radical (unpaired) electrons. The van der Waals surface area contributed by atoms with Gasteiger partial charge in [-0.1, -0.05) is 58.9 Å². The largest absolute Gasteiger partial charge is 0.382 e. The van der Waals surface area contributed by atoms with Gasteiger partial charge in [-0.3, -0.25) is 0 Å². The summed E-state index contributed by atoms with van der Waals surface area (Å²) in [5.41, 5.74) is 6.41. The number of nitrogens with two attached hydrogens (primary N) is 1. The first-order valence-electron chi connectivity index (χ1n) is 14.8. The smallest absolute Gasteiger partial charge is 0.151 e. The van der Waals surface area contributed by atoms with Gasteiger partial charge in [-0.15, -0.1) is 0 Å². The van der Waals surface area contributed by atoms with E-state index in [0.717, 1.165) is 32.8 Å². The lowest BCUT2D eigenvalue weighted by molar-refractivity contribution is -0.0485. The topological polar surface area (TPSA) is 53.7 Å². The number of rotatable bonds is 9. The minimum Gasteiger partial charge on any atom is -0.382 e. The van der Waals surface area contributed by atoms with Crippen molar-refractivity contribution in [1.29, 1.82) is 0 Å². The van der Waals surface area contributed by atoms with Gasteiger partial charge in [0.2, 0.25) is 0 Å². The Morgan fingerprint density at radius 1 is 0.543 bits per heavy atom. The summed E-state index contributed by atoms with van der Waals surface area (Å²) in [6.45, 7) is 27.2. The second-order valence-corrected chi connectivity index (χ2v) is 37.1. The van der Waals surface area contributed by atoms with E-state index < -0.39 is 32.3 Å². The standard InChI is InChI=1S/C27H59NO3Si4/c1-32(2,3)25(17-10-13-21-29-25)35(24-16-20-28,26(33(4,5)6)18-11-14-22-30-26)27(34(7,8)9)19-12-15-23-31-27/h10-24,28H2,1-9H3. The van der Waals surface area contributed by atoms with E-state index in [1.807, 2.05) is 0 Å². The molecule has 2 N–H and O–H groups in total. The van der Waals surface area contributed by atoms with Gasteiger partial charge < -0.3 is 19.9 Å². The normalized spacial score (nSPS) is 35.5. The summed E-state index contributed by atoms with van der Waals surface area (Å²) in [5.74, 6) is 0. The Morgan fingerprint density at radius 3 is 1.06 bits per heavy atom. The summed E-state index contributed by atoms with van der Waals surface area (Å²) < 4.78 is 22.5. The average molecular weight is 558 g/mol. The predicted octanol–water partition coefficient (Wildman–Crippen LogP) is 6.85. The van der Waals surface area contributed by atoms with Crippen LogP contribution in [0.2, 0.25) is 65.0 Å². The highest BCUT2D eigenvalue weighted by atomic mass is 28.4. The molecule has 0 aromatic rings. The fourth-order valence-corrected chi connectivity index (χ4v) is 41.4. The number of hydrogen-bond acceptors (Lipinski definition) is 4. The zero-order valence-corrected chi connectivity index (χ0v) is 28.9. The maximum Gasteiger partial charge on any atom is 0.151 e. The Morgan fingerprint density at radius 2 is 0.857 bits per heavy atom. The van der Waals surface area contributed by atoms with Crippen LogP contribution in [0.4, 0.5) is 0 Å². The molecule has 3 aliphatic heterocycles. The molecule has 3 heterocycles. The summed E-state index contributed by atoms with van der Waals surface area (Å²) in [5, 5.41) is 0. The van der Waals surface area contributed by atoms with E-state index in [9.17, 15) is 0 Å². The first kappa shape index (κ1) is 30.3. The van der Waals surface area contributed by atoms with E-state index >= 15 is 0 Å². The minimum absolute atomic E-state index is 0.0251. The van der Waals surface area contributed by atoms with Gasteiger partial charge >= 0.3 is 0 Å². The van der Waals surface area contributed by atoms with Crippen LogP contribution in [-0.2, 0) is 14.2 Å². The zero-order chi connectivity index (χ0) is 26.2. The van der Waals surface area contributed by atoms with E-state index in [2.05, 4.69) is 58.9 Å². The molecule has 3 atom stereocenters. The first-order valence-corrected chi connectivity index (χ1v) is 27.5. The second kappa shape index (κ2) is 10.7. The minimum atomic E-state index is -2.53. The Hall–Kier alpha value is 0.708. The third-order valence-electron chi connectivity index (χ3n) is 10.3. The Balaban J connectivity index is 2.55. The highest BCUT2D eigenvalue weighted by Crippen LogP contribution is 2.62. The Bertz CT molecular complexity index is 604. The van der Waals surface area contributed by atoms with Gasteiger partial charge in [-0.2, -0.15) is 0 Å². The van der Waals surface area contributed by atoms with Crippen molar-refractivity contribution in [3.63, 3.8) is 0 Å². The van der Waals surface area contributed by atoms with Crippen molar-refractivity contribution in [2.24, 2.45) is 5.73 Å². The quantitative estimate of drug-likeness (QED) is 0.315. The van der Waals surface area contributed by atoms with Crippen LogP contribution in [-0.4, -0.2) is 73.2 Å². The van der Waals surface area contributed by atoms with Crippen LogP contribution in [0.1, 0.15) is 64.2 Å². The summed E-state index contributed by atoms with van der Waals surface area (Å²) in [4.78, 5) is -0.0754. The molecule has 0 amide bonds. The molecule has 8 heteroatoms.